The van der Waals surface area contributed by atoms with Crippen LogP contribution < -0.4 is 19.5 Å². The summed E-state index contributed by atoms with van der Waals surface area (Å²) in [4.78, 5) is 0. The molecule has 1 heterocycles. The van der Waals surface area contributed by atoms with Gasteiger partial charge in [0.15, 0.2) is 11.5 Å². The predicted octanol–water partition coefficient (Wildman–Crippen LogP) is 2.57. The number of benzene rings is 1. The molecule has 2 aliphatic rings. The van der Waals surface area contributed by atoms with Crippen molar-refractivity contribution in [2.45, 2.75) is 38.7 Å². The number of aliphatic hydroxyl groups is 1. The molecule has 1 aromatic rings. The summed E-state index contributed by atoms with van der Waals surface area (Å²) >= 11 is 0. The number of aliphatic hydroxyl groups excluding tert-OH is 1. The fraction of sp³-hybridized carbons (Fsp3) is 0.667. The molecule has 1 aliphatic heterocycles. The third-order valence-electron chi connectivity index (χ3n) is 4.64. The molecule has 2 N–H and O–H groups in total. The minimum atomic E-state index is -0.513. The van der Waals surface area contributed by atoms with Crippen LogP contribution in [0.4, 0.5) is 0 Å². The van der Waals surface area contributed by atoms with Crippen LogP contribution in [0.3, 0.4) is 0 Å². The van der Waals surface area contributed by atoms with Gasteiger partial charge >= 0.3 is 0 Å². The van der Waals surface area contributed by atoms with Gasteiger partial charge in [0.2, 0.25) is 6.79 Å². The molecular formula is C18H27NO4. The van der Waals surface area contributed by atoms with Crippen LogP contribution in [-0.4, -0.2) is 37.7 Å². The molecule has 0 aromatic heterocycles. The zero-order chi connectivity index (χ0) is 16.1. The first-order valence-electron chi connectivity index (χ1n) is 8.62. The van der Waals surface area contributed by atoms with Gasteiger partial charge in [-0.1, -0.05) is 19.8 Å². The van der Waals surface area contributed by atoms with Gasteiger partial charge in [-0.3, -0.25) is 0 Å². The molecule has 0 spiro atoms. The quantitative estimate of drug-likeness (QED) is 0.808. The lowest BCUT2D eigenvalue weighted by Crippen LogP contribution is -2.35. The van der Waals surface area contributed by atoms with Crippen LogP contribution in [-0.2, 0) is 0 Å². The lowest BCUT2D eigenvalue weighted by atomic mass is 9.82. The number of rotatable bonds is 7. The van der Waals surface area contributed by atoms with Gasteiger partial charge in [0.1, 0.15) is 18.5 Å². The van der Waals surface area contributed by atoms with Crippen LogP contribution >= 0.6 is 0 Å². The highest BCUT2D eigenvalue weighted by Crippen LogP contribution is 2.35. The van der Waals surface area contributed by atoms with E-state index in [0.29, 0.717) is 18.0 Å². The smallest absolute Gasteiger partial charge is 0.231 e. The Hall–Kier alpha value is -1.46. The van der Waals surface area contributed by atoms with E-state index in [-0.39, 0.29) is 13.4 Å². The van der Waals surface area contributed by atoms with E-state index in [4.69, 9.17) is 14.2 Å². The van der Waals surface area contributed by atoms with Crippen LogP contribution in [0, 0.1) is 11.8 Å². The van der Waals surface area contributed by atoms with Crippen LogP contribution in [0.5, 0.6) is 17.2 Å². The monoisotopic (exact) mass is 321 g/mol. The van der Waals surface area contributed by atoms with Crippen molar-refractivity contribution in [3.63, 3.8) is 0 Å². The molecular weight excluding hydrogens is 294 g/mol. The van der Waals surface area contributed by atoms with Crippen LogP contribution in [0.15, 0.2) is 18.2 Å². The molecule has 3 rings (SSSR count). The van der Waals surface area contributed by atoms with Gasteiger partial charge in [-0.2, -0.15) is 0 Å². The number of hydrogen-bond donors (Lipinski definition) is 2. The molecule has 23 heavy (non-hydrogen) atoms. The molecule has 0 amide bonds. The average molecular weight is 321 g/mol. The molecule has 0 saturated heterocycles. The van der Waals surface area contributed by atoms with Crippen molar-refractivity contribution in [1.29, 1.82) is 0 Å². The molecule has 0 radical (unpaired) electrons. The number of fused-ring (bicyclic) bond motifs is 1. The first-order valence-corrected chi connectivity index (χ1v) is 8.62. The summed E-state index contributed by atoms with van der Waals surface area (Å²) in [6.45, 7) is 4.42. The summed E-state index contributed by atoms with van der Waals surface area (Å²) in [5, 5.41) is 13.4. The second kappa shape index (κ2) is 7.88. The van der Waals surface area contributed by atoms with Crippen molar-refractivity contribution < 1.29 is 19.3 Å². The van der Waals surface area contributed by atoms with E-state index in [2.05, 4.69) is 12.2 Å². The van der Waals surface area contributed by atoms with E-state index in [1.165, 1.54) is 25.7 Å². The molecule has 1 aromatic carbocycles. The second-order valence-electron chi connectivity index (χ2n) is 6.78. The van der Waals surface area contributed by atoms with Gasteiger partial charge in [0.05, 0.1) is 0 Å². The Balaban J connectivity index is 1.34. The maximum Gasteiger partial charge on any atom is 0.231 e. The fourth-order valence-corrected chi connectivity index (χ4v) is 3.42. The maximum atomic E-state index is 10.0. The Morgan fingerprint density at radius 2 is 2.17 bits per heavy atom. The molecule has 128 valence electrons. The summed E-state index contributed by atoms with van der Waals surface area (Å²) in [5.74, 6) is 3.72. The van der Waals surface area contributed by atoms with E-state index < -0.39 is 6.10 Å². The summed E-state index contributed by atoms with van der Waals surface area (Å²) in [6, 6.07) is 5.45. The third kappa shape index (κ3) is 4.75. The van der Waals surface area contributed by atoms with E-state index >= 15 is 0 Å². The number of nitrogens with one attached hydrogen (secondary N) is 1. The largest absolute Gasteiger partial charge is 0.491 e. The van der Waals surface area contributed by atoms with Crippen molar-refractivity contribution in [3.05, 3.63) is 18.2 Å². The summed E-state index contributed by atoms with van der Waals surface area (Å²) in [7, 11) is 0. The molecule has 5 nitrogen and oxygen atoms in total. The van der Waals surface area contributed by atoms with Crippen molar-refractivity contribution in [2.75, 3.05) is 26.5 Å². The Morgan fingerprint density at radius 1 is 1.30 bits per heavy atom. The van der Waals surface area contributed by atoms with Gasteiger partial charge in [0.25, 0.3) is 0 Å². The highest BCUT2D eigenvalue weighted by atomic mass is 16.7. The first-order chi connectivity index (χ1) is 11.2. The van der Waals surface area contributed by atoms with Crippen molar-refractivity contribution in [1.82, 2.24) is 5.32 Å². The minimum absolute atomic E-state index is 0.255. The molecule has 1 fully saturated rings. The summed E-state index contributed by atoms with van der Waals surface area (Å²) in [5.41, 5.74) is 0. The molecule has 3 unspecified atom stereocenters. The number of hydrogen-bond acceptors (Lipinski definition) is 5. The maximum absolute atomic E-state index is 10.0. The number of ether oxygens (including phenoxy) is 3. The van der Waals surface area contributed by atoms with E-state index in [9.17, 15) is 5.11 Å². The molecule has 1 aliphatic carbocycles. The molecule has 1 saturated carbocycles. The fourth-order valence-electron chi connectivity index (χ4n) is 3.42. The van der Waals surface area contributed by atoms with Crippen molar-refractivity contribution in [2.24, 2.45) is 11.8 Å². The Bertz CT molecular complexity index is 508. The SMILES string of the molecule is CC1CCCC(CNCC(O)COc2ccc3c(c2)OCO3)C1. The van der Waals surface area contributed by atoms with Crippen molar-refractivity contribution in [3.8, 4) is 17.2 Å². The van der Waals surface area contributed by atoms with Crippen LogP contribution in [0.1, 0.15) is 32.6 Å². The summed E-state index contributed by atoms with van der Waals surface area (Å²) in [6.07, 6.45) is 4.80. The molecule has 0 bridgehead atoms. The highest BCUT2D eigenvalue weighted by Gasteiger charge is 2.19. The Labute approximate surface area is 137 Å². The first kappa shape index (κ1) is 16.4. The van der Waals surface area contributed by atoms with Crippen molar-refractivity contribution >= 4 is 0 Å². The second-order valence-corrected chi connectivity index (χ2v) is 6.78. The van der Waals surface area contributed by atoms with Crippen LogP contribution in [0.2, 0.25) is 0 Å². The standard InChI is InChI=1S/C18H27NO4/c1-13-3-2-4-14(7-13)9-19-10-15(20)11-21-16-5-6-17-18(8-16)23-12-22-17/h5-6,8,13-15,19-20H,2-4,7,9-12H2,1H3. The Kier molecular flexibility index (Phi) is 5.62. The Morgan fingerprint density at radius 3 is 3.04 bits per heavy atom. The van der Waals surface area contributed by atoms with E-state index in [1.54, 1.807) is 6.07 Å². The highest BCUT2D eigenvalue weighted by molar-refractivity contribution is 5.46. The van der Waals surface area contributed by atoms with Gasteiger partial charge in [-0.15, -0.1) is 0 Å². The lowest BCUT2D eigenvalue weighted by molar-refractivity contribution is 0.104. The van der Waals surface area contributed by atoms with Gasteiger partial charge in [0, 0.05) is 12.6 Å². The zero-order valence-corrected chi connectivity index (χ0v) is 13.8. The minimum Gasteiger partial charge on any atom is -0.491 e. The zero-order valence-electron chi connectivity index (χ0n) is 13.8. The van der Waals surface area contributed by atoms with Gasteiger partial charge < -0.3 is 24.6 Å². The molecule has 3 atom stereocenters. The average Bonchev–Trinajstić information content (AvgIpc) is 3.00. The van der Waals surface area contributed by atoms with E-state index in [0.717, 1.165) is 24.1 Å². The van der Waals surface area contributed by atoms with Crippen LogP contribution in [0.25, 0.3) is 0 Å². The van der Waals surface area contributed by atoms with Gasteiger partial charge in [-0.25, -0.2) is 0 Å². The van der Waals surface area contributed by atoms with E-state index in [1.807, 2.05) is 12.1 Å². The summed E-state index contributed by atoms with van der Waals surface area (Å²) < 4.78 is 16.2. The molecule has 5 heteroatoms. The predicted molar refractivity (Wildman–Crippen MR) is 88.1 cm³/mol. The normalized spacial score (nSPS) is 24.4. The topological polar surface area (TPSA) is 60.0 Å². The lowest BCUT2D eigenvalue weighted by Gasteiger charge is -2.27. The third-order valence-corrected chi connectivity index (χ3v) is 4.64. The van der Waals surface area contributed by atoms with Gasteiger partial charge in [-0.05, 0) is 43.4 Å².